The molecule has 0 radical (unpaired) electrons. The molecule has 1 unspecified atom stereocenters. The van der Waals surface area contributed by atoms with Gasteiger partial charge in [-0.05, 0) is 26.3 Å². The topological polar surface area (TPSA) is 70.8 Å². The van der Waals surface area contributed by atoms with E-state index in [0.29, 0.717) is 32.8 Å². The van der Waals surface area contributed by atoms with Crippen molar-refractivity contribution in [1.82, 2.24) is 15.4 Å². The molecule has 2 N–H and O–H groups in total. The summed E-state index contributed by atoms with van der Waals surface area (Å²) in [5, 5.41) is 18.1. The summed E-state index contributed by atoms with van der Waals surface area (Å²) in [6, 6.07) is 0. The predicted octanol–water partition coefficient (Wildman–Crippen LogP) is 1.18. The molecule has 1 fully saturated rings. The summed E-state index contributed by atoms with van der Waals surface area (Å²) in [5.74, 6) is 1.06. The van der Waals surface area contributed by atoms with Crippen molar-refractivity contribution in [3.05, 3.63) is 17.0 Å². The fraction of sp³-hybridized carbons (Fsp3) is 0.800. The molecule has 1 aromatic rings. The van der Waals surface area contributed by atoms with E-state index < -0.39 is 5.60 Å². The fourth-order valence-electron chi connectivity index (χ4n) is 3.27. The molecule has 6 nitrogen and oxygen atoms in total. The van der Waals surface area contributed by atoms with Gasteiger partial charge in [0.1, 0.15) is 17.1 Å². The van der Waals surface area contributed by atoms with E-state index in [2.05, 4.69) is 15.4 Å². The van der Waals surface area contributed by atoms with Gasteiger partial charge < -0.3 is 19.7 Å². The first-order valence-electron chi connectivity index (χ1n) is 7.82. The third-order valence-electron chi connectivity index (χ3n) is 4.26. The van der Waals surface area contributed by atoms with Crippen LogP contribution in [0.2, 0.25) is 0 Å². The minimum atomic E-state index is -0.838. The Hall–Kier alpha value is -0.370. The van der Waals surface area contributed by atoms with E-state index in [1.54, 1.807) is 0 Å². The van der Waals surface area contributed by atoms with Crippen molar-refractivity contribution in [3.8, 4) is 0 Å². The number of ether oxygens (including phenoxy) is 1. The van der Waals surface area contributed by atoms with Gasteiger partial charge in [-0.3, -0.25) is 4.90 Å². The highest BCUT2D eigenvalue weighted by molar-refractivity contribution is 5.85. The average Bonchev–Trinajstić information content (AvgIpc) is 2.73. The molecule has 0 aromatic carbocycles. The van der Waals surface area contributed by atoms with Gasteiger partial charge in [0.15, 0.2) is 0 Å². The van der Waals surface area contributed by atoms with E-state index in [1.165, 1.54) is 18.4 Å². The van der Waals surface area contributed by atoms with Gasteiger partial charge in [-0.1, -0.05) is 5.16 Å². The molecule has 0 spiro atoms. The van der Waals surface area contributed by atoms with Crippen LogP contribution in [0.4, 0.5) is 0 Å². The SMILES string of the molecule is CN(Cc1noc2c1CCCC2)CC1(O)CNCCOC1.Cl.Cl. The Balaban J connectivity index is 0.00000132. The van der Waals surface area contributed by atoms with Crippen molar-refractivity contribution in [1.29, 1.82) is 0 Å². The second-order valence-corrected chi connectivity index (χ2v) is 6.36. The van der Waals surface area contributed by atoms with Crippen LogP contribution >= 0.6 is 24.8 Å². The lowest BCUT2D eigenvalue weighted by atomic mass is 9.96. The summed E-state index contributed by atoms with van der Waals surface area (Å²) < 4.78 is 10.9. The van der Waals surface area contributed by atoms with Gasteiger partial charge in [0, 0.05) is 38.2 Å². The van der Waals surface area contributed by atoms with Gasteiger partial charge in [0.2, 0.25) is 0 Å². The lowest BCUT2D eigenvalue weighted by Gasteiger charge is -2.30. The van der Waals surface area contributed by atoms with Crippen molar-refractivity contribution < 1.29 is 14.4 Å². The molecular weight excluding hydrogens is 341 g/mol. The van der Waals surface area contributed by atoms with Crippen molar-refractivity contribution in [2.75, 3.05) is 39.9 Å². The van der Waals surface area contributed by atoms with E-state index in [4.69, 9.17) is 9.26 Å². The molecule has 23 heavy (non-hydrogen) atoms. The maximum Gasteiger partial charge on any atom is 0.140 e. The zero-order chi connectivity index (χ0) is 14.7. The number of rotatable bonds is 4. The summed E-state index contributed by atoms with van der Waals surface area (Å²) in [4.78, 5) is 2.10. The van der Waals surface area contributed by atoms with Crippen molar-refractivity contribution in [2.45, 2.75) is 37.8 Å². The number of aryl methyl sites for hydroxylation is 1. The lowest BCUT2D eigenvalue weighted by Crippen LogP contribution is -2.50. The predicted molar refractivity (Wildman–Crippen MR) is 92.6 cm³/mol. The molecule has 2 aliphatic rings. The number of halogens is 2. The van der Waals surface area contributed by atoms with Gasteiger partial charge in [-0.2, -0.15) is 0 Å². The first-order valence-corrected chi connectivity index (χ1v) is 7.82. The molecule has 0 bridgehead atoms. The Bertz CT molecular complexity index is 477. The van der Waals surface area contributed by atoms with Crippen LogP contribution in [-0.4, -0.2) is 60.7 Å². The summed E-state index contributed by atoms with van der Waals surface area (Å²) in [6.07, 6.45) is 4.48. The quantitative estimate of drug-likeness (QED) is 0.832. The zero-order valence-electron chi connectivity index (χ0n) is 13.5. The molecule has 134 valence electrons. The molecular formula is C15H27Cl2N3O3. The molecule has 3 rings (SSSR count). The molecule has 2 heterocycles. The lowest BCUT2D eigenvalue weighted by molar-refractivity contribution is -0.0464. The van der Waals surface area contributed by atoms with Crippen molar-refractivity contribution in [2.24, 2.45) is 0 Å². The van der Waals surface area contributed by atoms with E-state index >= 15 is 0 Å². The number of likely N-dealkylation sites (N-methyl/N-ethyl adjacent to an activating group) is 1. The molecule has 0 amide bonds. The standard InChI is InChI=1S/C15H25N3O3.2ClH/c1-18(10-15(19)9-16-6-7-20-11-15)8-13-12-4-2-3-5-14(12)21-17-13;;/h16,19H,2-11H2,1H3;2*1H. The third kappa shape index (κ3) is 5.31. The molecule has 1 atom stereocenters. The Morgan fingerprint density at radius 2 is 2.09 bits per heavy atom. The normalized spacial score (nSPS) is 24.3. The van der Waals surface area contributed by atoms with Crippen molar-refractivity contribution >= 4 is 24.8 Å². The summed E-state index contributed by atoms with van der Waals surface area (Å²) >= 11 is 0. The van der Waals surface area contributed by atoms with Gasteiger partial charge in [0.25, 0.3) is 0 Å². The minimum absolute atomic E-state index is 0. The summed E-state index contributed by atoms with van der Waals surface area (Å²) in [6.45, 7) is 3.66. The Kier molecular flexibility index (Phi) is 8.27. The van der Waals surface area contributed by atoms with E-state index in [1.807, 2.05) is 7.05 Å². The van der Waals surface area contributed by atoms with Crippen LogP contribution in [0.15, 0.2) is 4.52 Å². The van der Waals surface area contributed by atoms with Gasteiger partial charge in [-0.15, -0.1) is 24.8 Å². The van der Waals surface area contributed by atoms with Crippen LogP contribution in [0.25, 0.3) is 0 Å². The monoisotopic (exact) mass is 367 g/mol. The van der Waals surface area contributed by atoms with E-state index in [-0.39, 0.29) is 24.8 Å². The van der Waals surface area contributed by atoms with Crippen LogP contribution in [-0.2, 0) is 24.1 Å². The Labute approximate surface area is 149 Å². The largest absolute Gasteiger partial charge is 0.385 e. The van der Waals surface area contributed by atoms with Crippen molar-refractivity contribution in [3.63, 3.8) is 0 Å². The number of nitrogens with one attached hydrogen (secondary N) is 1. The van der Waals surface area contributed by atoms with Crippen LogP contribution in [0.5, 0.6) is 0 Å². The maximum atomic E-state index is 10.6. The maximum absolute atomic E-state index is 10.6. The number of nitrogens with zero attached hydrogens (tertiary/aromatic N) is 2. The highest BCUT2D eigenvalue weighted by atomic mass is 35.5. The molecule has 8 heteroatoms. The minimum Gasteiger partial charge on any atom is -0.385 e. The van der Waals surface area contributed by atoms with Gasteiger partial charge >= 0.3 is 0 Å². The third-order valence-corrected chi connectivity index (χ3v) is 4.26. The number of hydrogen-bond acceptors (Lipinski definition) is 6. The van der Waals surface area contributed by atoms with E-state index in [9.17, 15) is 5.11 Å². The van der Waals surface area contributed by atoms with Crippen LogP contribution in [0, 0.1) is 0 Å². The van der Waals surface area contributed by atoms with Crippen LogP contribution in [0.1, 0.15) is 29.9 Å². The second-order valence-electron chi connectivity index (χ2n) is 6.36. The average molecular weight is 368 g/mol. The zero-order valence-corrected chi connectivity index (χ0v) is 15.2. The highest BCUT2D eigenvalue weighted by Gasteiger charge is 2.31. The molecule has 0 saturated carbocycles. The fourth-order valence-corrected chi connectivity index (χ4v) is 3.27. The molecule has 1 aromatic heterocycles. The second kappa shape index (κ2) is 9.20. The number of fused-ring (bicyclic) bond motifs is 1. The number of β-amino-alcohol motifs (C(OH)–C–C–N with tert-alkyl or cyclic N) is 1. The Morgan fingerprint density at radius 3 is 2.91 bits per heavy atom. The van der Waals surface area contributed by atoms with Crippen LogP contribution < -0.4 is 5.32 Å². The highest BCUT2D eigenvalue weighted by Crippen LogP contribution is 2.25. The first-order chi connectivity index (χ1) is 10.2. The number of aromatic nitrogens is 1. The van der Waals surface area contributed by atoms with E-state index in [0.717, 1.165) is 30.8 Å². The molecule has 1 aliphatic carbocycles. The first kappa shape index (κ1) is 20.7. The smallest absolute Gasteiger partial charge is 0.140 e. The summed E-state index contributed by atoms with van der Waals surface area (Å²) in [7, 11) is 2.01. The number of hydrogen-bond donors (Lipinski definition) is 2. The molecule has 1 saturated heterocycles. The summed E-state index contributed by atoms with van der Waals surface area (Å²) in [5.41, 5.74) is 1.48. The molecule has 1 aliphatic heterocycles. The van der Waals surface area contributed by atoms with Gasteiger partial charge in [0.05, 0.1) is 13.2 Å². The van der Waals surface area contributed by atoms with Gasteiger partial charge in [-0.25, -0.2) is 0 Å². The number of aliphatic hydroxyl groups is 1. The van der Waals surface area contributed by atoms with Crippen LogP contribution in [0.3, 0.4) is 0 Å². The Morgan fingerprint density at radius 1 is 1.30 bits per heavy atom.